The summed E-state index contributed by atoms with van der Waals surface area (Å²) in [6.45, 7) is 9.79. The molecule has 2 nitrogen and oxygen atoms in total. The van der Waals surface area contributed by atoms with Gasteiger partial charge in [0.25, 0.3) is 0 Å². The Labute approximate surface area is 132 Å². The summed E-state index contributed by atoms with van der Waals surface area (Å²) in [4.78, 5) is 0. The van der Waals surface area contributed by atoms with Crippen molar-refractivity contribution in [2.24, 2.45) is 5.41 Å². The molecule has 0 bridgehead atoms. The van der Waals surface area contributed by atoms with Crippen LogP contribution in [0, 0.1) is 5.41 Å². The fourth-order valence-corrected chi connectivity index (χ4v) is 2.73. The molecule has 20 heavy (non-hydrogen) atoms. The monoisotopic (exact) mass is 317 g/mol. The van der Waals surface area contributed by atoms with Crippen LogP contribution in [-0.2, 0) is 0 Å². The summed E-state index contributed by atoms with van der Waals surface area (Å²) in [7, 11) is 1.60. The van der Waals surface area contributed by atoms with Crippen LogP contribution in [0.5, 0.6) is 5.75 Å². The van der Waals surface area contributed by atoms with Crippen LogP contribution in [0.15, 0.2) is 12.1 Å². The molecule has 0 aromatic heterocycles. The second-order valence-electron chi connectivity index (χ2n) is 5.74. The van der Waals surface area contributed by atoms with Crippen LogP contribution in [-0.4, -0.2) is 13.7 Å². The molecule has 0 saturated heterocycles. The van der Waals surface area contributed by atoms with Crippen molar-refractivity contribution in [3.8, 4) is 5.75 Å². The van der Waals surface area contributed by atoms with Gasteiger partial charge < -0.3 is 10.1 Å². The van der Waals surface area contributed by atoms with E-state index in [9.17, 15) is 0 Å². The second kappa shape index (κ2) is 7.53. The molecule has 0 aliphatic rings. The zero-order valence-corrected chi connectivity index (χ0v) is 14.5. The average Bonchev–Trinajstić information content (AvgIpc) is 2.42. The minimum Gasteiger partial charge on any atom is -0.495 e. The number of methoxy groups -OCH3 is 1. The number of ether oxygens (including phenoxy) is 1. The third-order valence-electron chi connectivity index (χ3n) is 3.87. The van der Waals surface area contributed by atoms with E-state index in [1.807, 2.05) is 6.07 Å². The van der Waals surface area contributed by atoms with Crippen LogP contribution in [0.25, 0.3) is 0 Å². The largest absolute Gasteiger partial charge is 0.495 e. The lowest BCUT2D eigenvalue weighted by Gasteiger charge is -2.35. The average molecular weight is 318 g/mol. The lowest BCUT2D eigenvalue weighted by molar-refractivity contribution is 0.234. The van der Waals surface area contributed by atoms with E-state index < -0.39 is 0 Å². The lowest BCUT2D eigenvalue weighted by atomic mass is 9.78. The van der Waals surface area contributed by atoms with Crippen molar-refractivity contribution in [3.63, 3.8) is 0 Å². The van der Waals surface area contributed by atoms with Crippen LogP contribution in [0.2, 0.25) is 10.0 Å². The summed E-state index contributed by atoms with van der Waals surface area (Å²) in [6, 6.07) is 3.89. The van der Waals surface area contributed by atoms with E-state index in [4.69, 9.17) is 27.9 Å². The molecule has 1 aromatic rings. The Morgan fingerprint density at radius 2 is 1.85 bits per heavy atom. The van der Waals surface area contributed by atoms with Crippen molar-refractivity contribution in [2.45, 2.75) is 46.6 Å². The fraction of sp³-hybridized carbons (Fsp3) is 0.625. The Bertz CT molecular complexity index is 446. The highest BCUT2D eigenvalue weighted by Gasteiger charge is 2.30. The lowest BCUT2D eigenvalue weighted by Crippen LogP contribution is -2.34. The fourth-order valence-electron chi connectivity index (χ4n) is 2.22. The van der Waals surface area contributed by atoms with Crippen LogP contribution < -0.4 is 10.1 Å². The molecular weight excluding hydrogens is 293 g/mol. The Hall–Kier alpha value is -0.440. The maximum Gasteiger partial charge on any atom is 0.138 e. The molecule has 1 atom stereocenters. The minimum atomic E-state index is 0.0940. The molecule has 1 unspecified atom stereocenters. The highest BCUT2D eigenvalue weighted by Crippen LogP contribution is 2.42. The summed E-state index contributed by atoms with van der Waals surface area (Å²) in [5.74, 6) is 0.615. The third kappa shape index (κ3) is 4.03. The van der Waals surface area contributed by atoms with Crippen LogP contribution in [0.4, 0.5) is 0 Å². The Balaban J connectivity index is 3.23. The van der Waals surface area contributed by atoms with Crippen molar-refractivity contribution in [2.75, 3.05) is 13.7 Å². The molecule has 0 radical (unpaired) electrons. The smallest absolute Gasteiger partial charge is 0.138 e. The second-order valence-corrected chi connectivity index (χ2v) is 6.55. The van der Waals surface area contributed by atoms with Gasteiger partial charge in [-0.2, -0.15) is 0 Å². The standard InChI is InChI=1S/C16H25Cl2NO/c1-6-8-19-15(16(3,4)7-2)11-9-13(18)14(20-5)10-12(11)17/h9-10,15,19H,6-8H2,1-5H3. The maximum atomic E-state index is 6.44. The van der Waals surface area contributed by atoms with Gasteiger partial charge >= 0.3 is 0 Å². The zero-order valence-electron chi connectivity index (χ0n) is 13.0. The molecule has 4 heteroatoms. The van der Waals surface area contributed by atoms with Crippen molar-refractivity contribution < 1.29 is 4.74 Å². The van der Waals surface area contributed by atoms with Gasteiger partial charge in [-0.1, -0.05) is 50.9 Å². The van der Waals surface area contributed by atoms with Gasteiger partial charge in [0.2, 0.25) is 0 Å². The molecule has 0 heterocycles. The third-order valence-corrected chi connectivity index (χ3v) is 4.50. The quantitative estimate of drug-likeness (QED) is 0.719. The summed E-state index contributed by atoms with van der Waals surface area (Å²) in [5.41, 5.74) is 1.13. The van der Waals surface area contributed by atoms with E-state index >= 15 is 0 Å². The summed E-state index contributed by atoms with van der Waals surface area (Å²) in [5, 5.41) is 4.89. The van der Waals surface area contributed by atoms with Gasteiger partial charge in [-0.25, -0.2) is 0 Å². The van der Waals surface area contributed by atoms with Gasteiger partial charge in [0.1, 0.15) is 5.75 Å². The van der Waals surface area contributed by atoms with Crippen molar-refractivity contribution in [1.82, 2.24) is 5.32 Å². The Kier molecular flexibility index (Phi) is 6.63. The highest BCUT2D eigenvalue weighted by molar-refractivity contribution is 6.34. The van der Waals surface area contributed by atoms with Gasteiger partial charge in [-0.3, -0.25) is 0 Å². The first-order chi connectivity index (χ1) is 9.37. The number of nitrogens with one attached hydrogen (secondary N) is 1. The first-order valence-corrected chi connectivity index (χ1v) is 7.89. The number of halogens is 2. The molecular formula is C16H25Cl2NO. The Morgan fingerprint density at radius 3 is 2.35 bits per heavy atom. The molecule has 0 saturated carbocycles. The highest BCUT2D eigenvalue weighted by atomic mass is 35.5. The molecule has 0 amide bonds. The molecule has 114 valence electrons. The molecule has 1 rings (SSSR count). The van der Waals surface area contributed by atoms with Crippen molar-refractivity contribution in [1.29, 1.82) is 0 Å². The van der Waals surface area contributed by atoms with E-state index in [-0.39, 0.29) is 11.5 Å². The number of hydrogen-bond donors (Lipinski definition) is 1. The number of benzene rings is 1. The van der Waals surface area contributed by atoms with Crippen LogP contribution in [0.3, 0.4) is 0 Å². The first-order valence-electron chi connectivity index (χ1n) is 7.13. The van der Waals surface area contributed by atoms with Crippen molar-refractivity contribution >= 4 is 23.2 Å². The van der Waals surface area contributed by atoms with Gasteiger partial charge in [-0.15, -0.1) is 0 Å². The summed E-state index contributed by atoms with van der Waals surface area (Å²) in [6.07, 6.45) is 2.13. The van der Waals surface area contributed by atoms with Gasteiger partial charge in [0, 0.05) is 17.1 Å². The van der Waals surface area contributed by atoms with Crippen LogP contribution in [0.1, 0.15) is 52.1 Å². The van der Waals surface area contributed by atoms with Gasteiger partial charge in [-0.05, 0) is 36.4 Å². The van der Waals surface area contributed by atoms with E-state index in [1.165, 1.54) is 0 Å². The predicted octanol–water partition coefficient (Wildman–Crippen LogP) is 5.48. The SMILES string of the molecule is CCCNC(c1cc(Cl)c(OC)cc1Cl)C(C)(C)CC. The van der Waals surface area contributed by atoms with Gasteiger partial charge in [0.15, 0.2) is 0 Å². The number of hydrogen-bond acceptors (Lipinski definition) is 2. The van der Waals surface area contributed by atoms with Gasteiger partial charge in [0.05, 0.1) is 12.1 Å². The molecule has 1 aromatic carbocycles. The summed E-state index contributed by atoms with van der Waals surface area (Å²) >= 11 is 12.7. The molecule has 1 N–H and O–H groups in total. The van der Waals surface area contributed by atoms with E-state index in [0.29, 0.717) is 15.8 Å². The first kappa shape index (κ1) is 17.6. The van der Waals surface area contributed by atoms with Crippen molar-refractivity contribution in [3.05, 3.63) is 27.7 Å². The van der Waals surface area contributed by atoms with Crippen LogP contribution >= 0.6 is 23.2 Å². The molecule has 0 spiro atoms. The Morgan fingerprint density at radius 1 is 1.20 bits per heavy atom. The number of rotatable bonds is 7. The molecule has 0 fully saturated rings. The zero-order chi connectivity index (χ0) is 15.3. The maximum absolute atomic E-state index is 6.44. The summed E-state index contributed by atoms with van der Waals surface area (Å²) < 4.78 is 5.22. The molecule has 0 aliphatic heterocycles. The van der Waals surface area contributed by atoms with E-state index in [1.54, 1.807) is 13.2 Å². The van der Waals surface area contributed by atoms with E-state index in [2.05, 4.69) is 33.0 Å². The minimum absolute atomic E-state index is 0.0940. The topological polar surface area (TPSA) is 21.3 Å². The normalized spacial score (nSPS) is 13.3. The molecule has 0 aliphatic carbocycles. The van der Waals surface area contributed by atoms with E-state index in [0.717, 1.165) is 24.9 Å². The predicted molar refractivity (Wildman–Crippen MR) is 88.1 cm³/mol.